The van der Waals surface area contributed by atoms with E-state index in [1.807, 2.05) is 32.9 Å². The highest BCUT2D eigenvalue weighted by Gasteiger charge is 2.24. The molecule has 1 atom stereocenters. The summed E-state index contributed by atoms with van der Waals surface area (Å²) < 4.78 is 27.8. The zero-order valence-electron chi connectivity index (χ0n) is 12.7. The second-order valence-corrected chi connectivity index (χ2v) is 6.36. The average molecular weight is 290 g/mol. The summed E-state index contributed by atoms with van der Waals surface area (Å²) in [6, 6.07) is 9.52. The Kier molecular flexibility index (Phi) is 4.15. The fourth-order valence-electron chi connectivity index (χ4n) is 2.46. The molecule has 1 nitrogen and oxygen atoms in total. The molecule has 0 aromatic heterocycles. The highest BCUT2D eigenvalue weighted by atomic mass is 19.1. The van der Waals surface area contributed by atoms with Crippen molar-refractivity contribution in [3.05, 3.63) is 70.3 Å². The average Bonchev–Trinajstić information content (AvgIpc) is 2.41. The Hall–Kier alpha value is -1.74. The second kappa shape index (κ2) is 5.57. The number of aryl methyl sites for hydroxylation is 1. The lowest BCUT2D eigenvalue weighted by Gasteiger charge is -2.25. The second-order valence-electron chi connectivity index (χ2n) is 6.36. The van der Waals surface area contributed by atoms with Crippen LogP contribution in [0.25, 0.3) is 0 Å². The zero-order chi connectivity index (χ0) is 15.8. The van der Waals surface area contributed by atoms with Crippen molar-refractivity contribution in [1.29, 1.82) is 0 Å². The molecule has 2 rings (SSSR count). The summed E-state index contributed by atoms with van der Waals surface area (Å²) in [5.74, 6) is -1.11. The molecule has 0 bridgehead atoms. The van der Waals surface area contributed by atoms with E-state index < -0.39 is 17.7 Å². The van der Waals surface area contributed by atoms with E-state index in [4.69, 9.17) is 0 Å². The molecule has 0 saturated carbocycles. The van der Waals surface area contributed by atoms with Gasteiger partial charge in [-0.3, -0.25) is 0 Å². The molecule has 0 heterocycles. The van der Waals surface area contributed by atoms with Gasteiger partial charge < -0.3 is 5.11 Å². The van der Waals surface area contributed by atoms with Gasteiger partial charge >= 0.3 is 0 Å². The van der Waals surface area contributed by atoms with E-state index in [-0.39, 0.29) is 16.5 Å². The van der Waals surface area contributed by atoms with E-state index in [1.54, 1.807) is 12.1 Å². The van der Waals surface area contributed by atoms with Gasteiger partial charge in [0.05, 0.1) is 0 Å². The Bertz CT molecular complexity index is 657. The van der Waals surface area contributed by atoms with Crippen LogP contribution >= 0.6 is 0 Å². The fourth-order valence-corrected chi connectivity index (χ4v) is 2.46. The van der Waals surface area contributed by atoms with Gasteiger partial charge in [0.15, 0.2) is 0 Å². The molecule has 3 heteroatoms. The first kappa shape index (κ1) is 15.6. The van der Waals surface area contributed by atoms with E-state index in [9.17, 15) is 13.9 Å². The van der Waals surface area contributed by atoms with Gasteiger partial charge in [-0.1, -0.05) is 45.0 Å². The largest absolute Gasteiger partial charge is 0.384 e. The minimum atomic E-state index is -1.18. The summed E-state index contributed by atoms with van der Waals surface area (Å²) in [4.78, 5) is 0. The summed E-state index contributed by atoms with van der Waals surface area (Å²) in [5, 5.41) is 10.5. The molecule has 112 valence electrons. The van der Waals surface area contributed by atoms with Gasteiger partial charge in [0.25, 0.3) is 0 Å². The summed E-state index contributed by atoms with van der Waals surface area (Å²) >= 11 is 0. The zero-order valence-corrected chi connectivity index (χ0v) is 12.7. The number of aliphatic hydroxyl groups is 1. The summed E-state index contributed by atoms with van der Waals surface area (Å²) in [7, 11) is 0. The van der Waals surface area contributed by atoms with Crippen molar-refractivity contribution in [3.63, 3.8) is 0 Å². The Labute approximate surface area is 124 Å². The first-order chi connectivity index (χ1) is 9.71. The van der Waals surface area contributed by atoms with E-state index in [1.165, 1.54) is 6.92 Å². The number of halogens is 2. The Morgan fingerprint density at radius 2 is 1.57 bits per heavy atom. The van der Waals surface area contributed by atoms with E-state index in [2.05, 4.69) is 0 Å². The maximum absolute atomic E-state index is 14.1. The van der Waals surface area contributed by atoms with Gasteiger partial charge in [-0.25, -0.2) is 8.78 Å². The third kappa shape index (κ3) is 3.13. The quantitative estimate of drug-likeness (QED) is 0.853. The Morgan fingerprint density at radius 1 is 0.952 bits per heavy atom. The van der Waals surface area contributed by atoms with Crippen LogP contribution in [0.5, 0.6) is 0 Å². The van der Waals surface area contributed by atoms with Crippen LogP contribution in [0.15, 0.2) is 36.4 Å². The number of benzene rings is 2. The fraction of sp³-hybridized carbons (Fsp3) is 0.333. The van der Waals surface area contributed by atoms with Crippen molar-refractivity contribution >= 4 is 0 Å². The molecule has 0 radical (unpaired) electrons. The van der Waals surface area contributed by atoms with Crippen molar-refractivity contribution in [2.75, 3.05) is 0 Å². The van der Waals surface area contributed by atoms with Crippen LogP contribution in [0, 0.1) is 18.6 Å². The van der Waals surface area contributed by atoms with Gasteiger partial charge in [-0.2, -0.15) is 0 Å². The molecule has 0 saturated heterocycles. The van der Waals surface area contributed by atoms with Crippen molar-refractivity contribution in [2.45, 2.75) is 39.2 Å². The minimum absolute atomic E-state index is 0.0326. The highest BCUT2D eigenvalue weighted by Crippen LogP contribution is 2.34. The van der Waals surface area contributed by atoms with Crippen LogP contribution in [-0.4, -0.2) is 5.11 Å². The Balaban J connectivity index is 2.56. The maximum atomic E-state index is 14.1. The topological polar surface area (TPSA) is 20.2 Å². The smallest absolute Gasteiger partial charge is 0.129 e. The number of rotatable bonds is 2. The van der Waals surface area contributed by atoms with Gasteiger partial charge in [0.1, 0.15) is 17.7 Å². The van der Waals surface area contributed by atoms with Gasteiger partial charge in [-0.15, -0.1) is 0 Å². The number of hydrogen-bond acceptors (Lipinski definition) is 1. The van der Waals surface area contributed by atoms with Crippen molar-refractivity contribution < 1.29 is 13.9 Å². The summed E-state index contributed by atoms with van der Waals surface area (Å²) in [6.07, 6.45) is -1.18. The third-order valence-electron chi connectivity index (χ3n) is 3.64. The first-order valence-corrected chi connectivity index (χ1v) is 6.95. The molecule has 0 aliphatic carbocycles. The predicted molar refractivity (Wildman–Crippen MR) is 80.3 cm³/mol. The lowest BCUT2D eigenvalue weighted by molar-refractivity contribution is 0.211. The van der Waals surface area contributed by atoms with Gasteiger partial charge in [0, 0.05) is 5.56 Å². The van der Waals surface area contributed by atoms with Gasteiger partial charge in [0.2, 0.25) is 0 Å². The van der Waals surface area contributed by atoms with Crippen molar-refractivity contribution in [1.82, 2.24) is 0 Å². The normalized spacial score (nSPS) is 13.3. The molecule has 1 unspecified atom stereocenters. The molecule has 0 aliphatic rings. The molecule has 0 aliphatic heterocycles. The molecular weight excluding hydrogens is 270 g/mol. The molecule has 2 aromatic rings. The summed E-state index contributed by atoms with van der Waals surface area (Å²) in [6.45, 7) is 7.55. The van der Waals surface area contributed by atoms with Crippen LogP contribution in [0.1, 0.15) is 49.1 Å². The van der Waals surface area contributed by atoms with Crippen LogP contribution < -0.4 is 0 Å². The molecule has 0 amide bonds. The van der Waals surface area contributed by atoms with Crippen LogP contribution in [0.2, 0.25) is 0 Å². The molecule has 21 heavy (non-hydrogen) atoms. The monoisotopic (exact) mass is 290 g/mol. The van der Waals surface area contributed by atoms with E-state index >= 15 is 0 Å². The molecule has 0 spiro atoms. The highest BCUT2D eigenvalue weighted by molar-refractivity contribution is 5.40. The predicted octanol–water partition coefficient (Wildman–Crippen LogP) is 4.65. The summed E-state index contributed by atoms with van der Waals surface area (Å²) in [5.41, 5.74) is 1.52. The van der Waals surface area contributed by atoms with Crippen LogP contribution in [-0.2, 0) is 5.41 Å². The molecule has 1 N–H and O–H groups in total. The maximum Gasteiger partial charge on any atom is 0.129 e. The lowest BCUT2D eigenvalue weighted by Crippen LogP contribution is -2.17. The number of aliphatic hydroxyl groups excluding tert-OH is 1. The van der Waals surface area contributed by atoms with E-state index in [0.717, 1.165) is 17.7 Å². The molecular formula is C18H20F2O. The lowest BCUT2D eigenvalue weighted by atomic mass is 9.81. The van der Waals surface area contributed by atoms with Crippen LogP contribution in [0.4, 0.5) is 8.78 Å². The minimum Gasteiger partial charge on any atom is -0.384 e. The van der Waals surface area contributed by atoms with Crippen molar-refractivity contribution in [2.24, 2.45) is 0 Å². The Morgan fingerprint density at radius 3 is 2.19 bits per heavy atom. The van der Waals surface area contributed by atoms with E-state index in [0.29, 0.717) is 5.56 Å². The molecule has 0 fully saturated rings. The third-order valence-corrected chi connectivity index (χ3v) is 3.64. The van der Waals surface area contributed by atoms with Gasteiger partial charge in [-0.05, 0) is 41.2 Å². The standard InChI is InChI=1S/C18H20F2O/c1-11-9-16(20)13(10-15(11)19)17(21)12-7-5-6-8-14(12)18(2,3)4/h5-10,17,21H,1-4H3. The SMILES string of the molecule is Cc1cc(F)c(C(O)c2ccccc2C(C)(C)C)cc1F. The van der Waals surface area contributed by atoms with Crippen LogP contribution in [0.3, 0.4) is 0 Å². The number of hydrogen-bond donors (Lipinski definition) is 1. The first-order valence-electron chi connectivity index (χ1n) is 6.95. The van der Waals surface area contributed by atoms with Crippen molar-refractivity contribution in [3.8, 4) is 0 Å². The molecule has 2 aromatic carbocycles.